The summed E-state index contributed by atoms with van der Waals surface area (Å²) in [6, 6.07) is 6.83. The van der Waals surface area contributed by atoms with E-state index in [1.54, 1.807) is 18.3 Å². The normalized spacial score (nSPS) is 19.1. The van der Waals surface area contributed by atoms with Gasteiger partial charge in [-0.3, -0.25) is 9.89 Å². The van der Waals surface area contributed by atoms with Crippen molar-refractivity contribution in [1.82, 2.24) is 40.4 Å². The summed E-state index contributed by atoms with van der Waals surface area (Å²) < 4.78 is 26.0. The Labute approximate surface area is 259 Å². The smallest absolute Gasteiger partial charge is 0.320 e. The first-order valence-corrected chi connectivity index (χ1v) is 15.2. The van der Waals surface area contributed by atoms with Gasteiger partial charge in [0, 0.05) is 55.4 Å². The first-order chi connectivity index (χ1) is 21.6. The summed E-state index contributed by atoms with van der Waals surface area (Å²) in [6.45, 7) is 10.6. The molecule has 2 saturated heterocycles. The van der Waals surface area contributed by atoms with Crippen molar-refractivity contribution >= 4 is 28.8 Å². The average Bonchev–Trinajstić information content (AvgIpc) is 3.70. The van der Waals surface area contributed by atoms with E-state index < -0.39 is 17.1 Å². The lowest BCUT2D eigenvalue weighted by atomic mass is 9.97. The van der Waals surface area contributed by atoms with Crippen LogP contribution in [0.3, 0.4) is 0 Å². The van der Waals surface area contributed by atoms with Gasteiger partial charge in [-0.1, -0.05) is 38.1 Å². The zero-order chi connectivity index (χ0) is 31.7. The van der Waals surface area contributed by atoms with E-state index in [-0.39, 0.29) is 30.5 Å². The Morgan fingerprint density at radius 2 is 1.96 bits per heavy atom. The number of hydrogen-bond donors (Lipinski definition) is 3. The van der Waals surface area contributed by atoms with Gasteiger partial charge in [0.15, 0.2) is 11.5 Å². The maximum absolute atomic E-state index is 15.4. The fraction of sp³-hybridized carbons (Fsp3) is 0.484. The number of nitrogens with zero attached hydrogens (tertiary/aromatic N) is 6. The van der Waals surface area contributed by atoms with E-state index in [1.807, 2.05) is 36.6 Å². The van der Waals surface area contributed by atoms with Gasteiger partial charge in [-0.25, -0.2) is 14.2 Å². The highest BCUT2D eigenvalue weighted by atomic mass is 19.1. The molecule has 0 saturated carbocycles. The van der Waals surface area contributed by atoms with Crippen LogP contribution in [0, 0.1) is 5.82 Å². The fourth-order valence-corrected chi connectivity index (χ4v) is 5.65. The highest BCUT2D eigenvalue weighted by Crippen LogP contribution is 2.33. The number of likely N-dealkylation sites (tertiary alicyclic amines) is 1. The number of anilines is 1. The molecular weight excluding hydrogens is 581 g/mol. The summed E-state index contributed by atoms with van der Waals surface area (Å²) >= 11 is 0. The second-order valence-corrected chi connectivity index (χ2v) is 12.6. The molecule has 0 unspecified atom stereocenters. The molecule has 1 aromatic carbocycles. The van der Waals surface area contributed by atoms with Crippen molar-refractivity contribution in [2.75, 3.05) is 38.2 Å². The number of H-pyrrole nitrogens is 1. The molecule has 45 heavy (non-hydrogen) atoms. The molecule has 0 aliphatic carbocycles. The summed E-state index contributed by atoms with van der Waals surface area (Å²) in [5.74, 6) is -0.186. The molecule has 3 amide bonds. The number of ether oxygens (including phenoxy) is 1. The van der Waals surface area contributed by atoms with E-state index in [0.717, 1.165) is 23.8 Å². The number of benzene rings is 1. The largest absolute Gasteiger partial charge is 0.378 e. The second kappa shape index (κ2) is 12.4. The molecule has 0 radical (unpaired) electrons. The number of morpholine rings is 1. The van der Waals surface area contributed by atoms with Gasteiger partial charge < -0.3 is 29.7 Å². The van der Waals surface area contributed by atoms with Gasteiger partial charge in [-0.2, -0.15) is 10.1 Å². The number of piperidine rings is 1. The molecule has 4 aromatic rings. The molecule has 0 spiro atoms. The van der Waals surface area contributed by atoms with E-state index in [9.17, 15) is 9.59 Å². The number of carbonyl (C=O) groups excluding carboxylic acids is 2. The summed E-state index contributed by atoms with van der Waals surface area (Å²) in [7, 11) is 0. The number of fused-ring (bicyclic) bond motifs is 1. The highest BCUT2D eigenvalue weighted by Gasteiger charge is 2.33. The van der Waals surface area contributed by atoms with Gasteiger partial charge >= 0.3 is 6.03 Å². The molecule has 2 aliphatic rings. The van der Waals surface area contributed by atoms with Gasteiger partial charge in [0.1, 0.15) is 5.82 Å². The summed E-state index contributed by atoms with van der Waals surface area (Å²) in [6.07, 6.45) is 3.37. The minimum atomic E-state index is -0.551. The fourth-order valence-electron chi connectivity index (χ4n) is 5.65. The minimum Gasteiger partial charge on any atom is -0.378 e. The lowest BCUT2D eigenvalue weighted by molar-refractivity contribution is 0.0361. The predicted octanol–water partition coefficient (Wildman–Crippen LogP) is 4.09. The molecule has 2 fully saturated rings. The third kappa shape index (κ3) is 6.46. The van der Waals surface area contributed by atoms with E-state index in [2.05, 4.69) is 42.9 Å². The number of amides is 3. The van der Waals surface area contributed by atoms with Crippen molar-refractivity contribution in [3.05, 3.63) is 53.6 Å². The average molecular weight is 620 g/mol. The summed E-state index contributed by atoms with van der Waals surface area (Å²) in [5.41, 5.74) is 1.86. The third-order valence-corrected chi connectivity index (χ3v) is 8.29. The summed E-state index contributed by atoms with van der Waals surface area (Å²) in [4.78, 5) is 38.2. The van der Waals surface area contributed by atoms with Crippen LogP contribution in [0.2, 0.25) is 0 Å². The number of aromatic nitrogens is 5. The number of rotatable bonds is 6. The van der Waals surface area contributed by atoms with Gasteiger partial charge in [0.25, 0.3) is 11.7 Å². The van der Waals surface area contributed by atoms with Gasteiger partial charge in [-0.05, 0) is 43.0 Å². The molecule has 2 atom stereocenters. The Hall–Kier alpha value is -4.59. The predicted molar refractivity (Wildman–Crippen MR) is 164 cm³/mol. The van der Waals surface area contributed by atoms with Crippen LogP contribution in [0.1, 0.15) is 62.6 Å². The molecule has 2 aliphatic heterocycles. The third-order valence-electron chi connectivity index (χ3n) is 8.29. The standard InChI is InChI=1S/C31H38FN9O4/c1-18-5-8-21(17-41(18)30(43)40-11-13-44-14-12-40)35-26-24-22(9-10-33-25(24)37-38-26)19-6-7-20(23(32)15-19)16-34-28(42)27-36-29(45-39-27)31(2,3)4/h6-7,9-10,15,18,21H,5,8,11-14,16-17H2,1-4H3,(H,34,42)(H2,33,35,37,38)/t18-,21+/m0/s1. The topological polar surface area (TPSA) is 154 Å². The van der Waals surface area contributed by atoms with Crippen molar-refractivity contribution < 1.29 is 23.2 Å². The molecule has 6 rings (SSSR count). The van der Waals surface area contributed by atoms with Crippen molar-refractivity contribution in [1.29, 1.82) is 0 Å². The van der Waals surface area contributed by atoms with Crippen LogP contribution < -0.4 is 10.6 Å². The first kappa shape index (κ1) is 30.4. The Balaban J connectivity index is 1.17. The van der Waals surface area contributed by atoms with E-state index in [0.29, 0.717) is 61.3 Å². The second-order valence-electron chi connectivity index (χ2n) is 12.6. The molecule has 238 valence electrons. The molecule has 3 N–H and O–H groups in total. The number of urea groups is 1. The molecule has 3 aromatic heterocycles. The van der Waals surface area contributed by atoms with Crippen LogP contribution in [-0.4, -0.2) is 92.0 Å². The van der Waals surface area contributed by atoms with E-state index >= 15 is 4.39 Å². The van der Waals surface area contributed by atoms with Crippen molar-refractivity contribution in [3.8, 4) is 11.1 Å². The molecular formula is C31H38FN9O4. The highest BCUT2D eigenvalue weighted by molar-refractivity contribution is 6.00. The Kier molecular flexibility index (Phi) is 8.40. The maximum atomic E-state index is 15.4. The molecule has 5 heterocycles. The Morgan fingerprint density at radius 3 is 2.69 bits per heavy atom. The number of pyridine rings is 1. The van der Waals surface area contributed by atoms with Gasteiger partial charge in [-0.15, -0.1) is 0 Å². The van der Waals surface area contributed by atoms with Gasteiger partial charge in [0.05, 0.1) is 18.6 Å². The molecule has 0 bridgehead atoms. The lowest BCUT2D eigenvalue weighted by Crippen LogP contribution is -2.56. The monoisotopic (exact) mass is 619 g/mol. The van der Waals surface area contributed by atoms with E-state index in [1.165, 1.54) is 6.07 Å². The van der Waals surface area contributed by atoms with E-state index in [4.69, 9.17) is 9.26 Å². The number of halogens is 1. The Morgan fingerprint density at radius 1 is 1.16 bits per heavy atom. The first-order valence-electron chi connectivity index (χ1n) is 15.2. The molecule has 14 heteroatoms. The van der Waals surface area contributed by atoms with Crippen LogP contribution in [0.5, 0.6) is 0 Å². The number of nitrogens with one attached hydrogen (secondary N) is 3. The SMILES string of the molecule is C[C@H]1CC[C@@H](Nc2n[nH]c3nccc(-c4ccc(CNC(=O)c5noc(C(C)(C)C)n5)c(F)c4)c23)CN1C(=O)N1CCOCC1. The number of aromatic amines is 1. The molecule has 13 nitrogen and oxygen atoms in total. The van der Waals surface area contributed by atoms with Crippen molar-refractivity contribution in [3.63, 3.8) is 0 Å². The van der Waals surface area contributed by atoms with Crippen LogP contribution in [-0.2, 0) is 16.7 Å². The summed E-state index contributed by atoms with van der Waals surface area (Å²) in [5, 5.41) is 18.1. The Bertz CT molecular complexity index is 1690. The number of carbonyl (C=O) groups is 2. The number of hydrogen-bond acceptors (Lipinski definition) is 9. The van der Waals surface area contributed by atoms with Crippen molar-refractivity contribution in [2.45, 2.75) is 64.6 Å². The minimum absolute atomic E-state index is 0.0212. The van der Waals surface area contributed by atoms with Crippen LogP contribution >= 0.6 is 0 Å². The lowest BCUT2D eigenvalue weighted by Gasteiger charge is -2.41. The van der Waals surface area contributed by atoms with Gasteiger partial charge in [0.2, 0.25) is 5.89 Å². The van der Waals surface area contributed by atoms with Crippen molar-refractivity contribution in [2.24, 2.45) is 0 Å². The van der Waals surface area contributed by atoms with Crippen LogP contribution in [0.4, 0.5) is 15.0 Å². The van der Waals surface area contributed by atoms with Crippen LogP contribution in [0.15, 0.2) is 35.0 Å². The quantitative estimate of drug-likeness (QED) is 0.290. The zero-order valence-electron chi connectivity index (χ0n) is 25.9. The zero-order valence-corrected chi connectivity index (χ0v) is 25.9. The van der Waals surface area contributed by atoms with Crippen LogP contribution in [0.25, 0.3) is 22.2 Å². The maximum Gasteiger partial charge on any atom is 0.320 e.